The van der Waals surface area contributed by atoms with E-state index < -0.39 is 98.7 Å². The molecule has 3 aliphatic heterocycles. The molecule has 0 aromatic heterocycles. The predicted octanol–water partition coefficient (Wildman–Crippen LogP) is 0.0431. The van der Waals surface area contributed by atoms with Crippen LogP contribution < -0.4 is 0 Å². The standard InChI is InChI=1S/C39H62O15/c1-16(41)22-8-9-23-21-7-6-19-14-20(10-12-38(19,4)24(21)11-13-39(22,23)5)51-37-34(54-36-31(47)29(45)27(43)18(3)50-36)32(48)33(25(15-40)52-37)53-35-30(46)28(44)26(42)17(2)49-35/h6,17-18,20-37,40,42-48H,7-15H2,1-5H3/t17-,18-,20-,21-,22+,23-,24-,25+,26-,27-,28+,29+,30+,31+,32-,33+,34+,35-,36-,37+,38-,39+/m0/s1. The minimum absolute atomic E-state index is 0.0307. The Morgan fingerprint density at radius 2 is 1.33 bits per heavy atom. The van der Waals surface area contributed by atoms with Crippen molar-refractivity contribution in [2.75, 3.05) is 6.61 Å². The van der Waals surface area contributed by atoms with Crippen molar-refractivity contribution in [1.29, 1.82) is 0 Å². The van der Waals surface area contributed by atoms with E-state index in [2.05, 4.69) is 19.9 Å². The maximum Gasteiger partial charge on any atom is 0.187 e. The van der Waals surface area contributed by atoms with E-state index in [0.29, 0.717) is 36.4 Å². The van der Waals surface area contributed by atoms with Crippen molar-refractivity contribution in [3.05, 3.63) is 11.6 Å². The molecule has 0 unspecified atom stereocenters. The zero-order chi connectivity index (χ0) is 39.0. The first-order valence-corrected chi connectivity index (χ1v) is 20.0. The van der Waals surface area contributed by atoms with Gasteiger partial charge in [-0.05, 0) is 101 Å². The average molecular weight is 771 g/mol. The topological polar surface area (TPSA) is 234 Å². The molecule has 0 bridgehead atoms. The van der Waals surface area contributed by atoms with Crippen molar-refractivity contribution in [3.63, 3.8) is 0 Å². The summed E-state index contributed by atoms with van der Waals surface area (Å²) in [5.74, 6) is 1.99. The summed E-state index contributed by atoms with van der Waals surface area (Å²) in [4.78, 5) is 12.6. The lowest BCUT2D eigenvalue weighted by atomic mass is 9.47. The SMILES string of the molecule is CC(=O)[C@H]1CC[C@H]2[C@@H]3CC=C4C[C@@H](O[C@@H]5O[C@H](CO)[C@@H](O[C@@H]6O[C@@H](C)[C@H](O)[C@@H](O)[C@H]6O)[C@H](O)[C@H]5O[C@@H]5O[C@@H](C)[C@H](O)[C@@H](O)[C@H]5O)CC[C@]4(C)[C@H]3CC[C@]12C. The Labute approximate surface area is 316 Å². The quantitative estimate of drug-likeness (QED) is 0.152. The van der Waals surface area contributed by atoms with Gasteiger partial charge in [0.15, 0.2) is 18.9 Å². The third-order valence-corrected chi connectivity index (χ3v) is 14.9. The molecule has 22 atom stereocenters. The van der Waals surface area contributed by atoms with Crippen LogP contribution in [0.2, 0.25) is 0 Å². The second kappa shape index (κ2) is 15.6. The van der Waals surface area contributed by atoms with Gasteiger partial charge >= 0.3 is 0 Å². The van der Waals surface area contributed by atoms with Crippen LogP contribution in [0, 0.1) is 34.5 Å². The molecular weight excluding hydrogens is 708 g/mol. The first-order valence-electron chi connectivity index (χ1n) is 20.0. The van der Waals surface area contributed by atoms with E-state index in [1.165, 1.54) is 19.4 Å². The Balaban J connectivity index is 1.10. The smallest absolute Gasteiger partial charge is 0.187 e. The van der Waals surface area contributed by atoms with E-state index in [0.717, 1.165) is 38.5 Å². The van der Waals surface area contributed by atoms with Crippen LogP contribution in [0.4, 0.5) is 0 Å². The number of ether oxygens (including phenoxy) is 6. The number of Topliss-reactive ketones (excluding diaryl/α,β-unsaturated/α-hetero) is 1. The highest BCUT2D eigenvalue weighted by Crippen LogP contribution is 2.66. The van der Waals surface area contributed by atoms with E-state index in [-0.39, 0.29) is 22.9 Å². The number of aliphatic hydroxyl groups excluding tert-OH is 8. The summed E-state index contributed by atoms with van der Waals surface area (Å²) < 4.78 is 36.3. The van der Waals surface area contributed by atoms with Crippen LogP contribution in [0.15, 0.2) is 11.6 Å². The molecule has 8 N–H and O–H groups in total. The summed E-state index contributed by atoms with van der Waals surface area (Å²) in [6.07, 6.45) is -12.2. The molecule has 3 heterocycles. The van der Waals surface area contributed by atoms with E-state index in [1.807, 2.05) is 0 Å². The van der Waals surface area contributed by atoms with Crippen molar-refractivity contribution in [2.45, 2.75) is 184 Å². The fourth-order valence-corrected chi connectivity index (χ4v) is 11.6. The van der Waals surface area contributed by atoms with E-state index in [4.69, 9.17) is 28.4 Å². The molecule has 7 rings (SSSR count). The zero-order valence-electron chi connectivity index (χ0n) is 31.9. The van der Waals surface area contributed by atoms with Gasteiger partial charge in [-0.25, -0.2) is 0 Å². The molecule has 54 heavy (non-hydrogen) atoms. The molecule has 7 aliphatic rings. The normalized spacial score (nSPS) is 54.9. The lowest BCUT2D eigenvalue weighted by Crippen LogP contribution is -2.66. The summed E-state index contributed by atoms with van der Waals surface area (Å²) in [6, 6.07) is 0. The fourth-order valence-electron chi connectivity index (χ4n) is 11.6. The Kier molecular flexibility index (Phi) is 11.8. The van der Waals surface area contributed by atoms with Crippen molar-refractivity contribution >= 4 is 5.78 Å². The molecule has 3 saturated carbocycles. The maximum absolute atomic E-state index is 12.6. The molecule has 15 nitrogen and oxygen atoms in total. The Bertz CT molecular complexity index is 1380. The van der Waals surface area contributed by atoms with Gasteiger partial charge < -0.3 is 69.3 Å². The summed E-state index contributed by atoms with van der Waals surface area (Å²) in [7, 11) is 0. The molecule has 4 aliphatic carbocycles. The van der Waals surface area contributed by atoms with Crippen LogP contribution in [0.3, 0.4) is 0 Å². The van der Waals surface area contributed by atoms with Crippen LogP contribution in [-0.2, 0) is 33.2 Å². The van der Waals surface area contributed by atoms with Crippen molar-refractivity contribution in [1.82, 2.24) is 0 Å². The number of hydrogen-bond donors (Lipinski definition) is 8. The number of aliphatic hydroxyl groups is 8. The summed E-state index contributed by atoms with van der Waals surface area (Å²) >= 11 is 0. The highest BCUT2D eigenvalue weighted by molar-refractivity contribution is 5.79. The summed E-state index contributed by atoms with van der Waals surface area (Å²) in [6.45, 7) is 8.78. The third kappa shape index (κ3) is 6.95. The number of ketones is 1. The number of carbonyl (C=O) groups excluding carboxylic acids is 1. The first kappa shape index (κ1) is 41.0. The summed E-state index contributed by atoms with van der Waals surface area (Å²) in [5, 5.41) is 85.2. The molecule has 0 radical (unpaired) electrons. The van der Waals surface area contributed by atoms with Crippen molar-refractivity contribution in [2.24, 2.45) is 34.5 Å². The average Bonchev–Trinajstić information content (AvgIpc) is 3.50. The van der Waals surface area contributed by atoms with Gasteiger partial charge in [0, 0.05) is 5.92 Å². The van der Waals surface area contributed by atoms with Gasteiger partial charge in [0.25, 0.3) is 0 Å². The van der Waals surface area contributed by atoms with Crippen LogP contribution in [0.1, 0.15) is 86.0 Å². The highest BCUT2D eigenvalue weighted by atomic mass is 16.8. The van der Waals surface area contributed by atoms with Crippen molar-refractivity contribution in [3.8, 4) is 0 Å². The minimum Gasteiger partial charge on any atom is -0.394 e. The van der Waals surface area contributed by atoms with Gasteiger partial charge in [0.1, 0.15) is 66.8 Å². The number of fused-ring (bicyclic) bond motifs is 5. The molecule has 3 saturated heterocycles. The molecule has 0 aromatic carbocycles. The van der Waals surface area contributed by atoms with Crippen LogP contribution in [-0.4, -0.2) is 151 Å². The lowest BCUT2D eigenvalue weighted by molar-refractivity contribution is -0.388. The van der Waals surface area contributed by atoms with Gasteiger partial charge in [-0.1, -0.05) is 25.5 Å². The Morgan fingerprint density at radius 1 is 0.722 bits per heavy atom. The fraction of sp³-hybridized carbons (Fsp3) is 0.923. The van der Waals surface area contributed by atoms with E-state index in [1.54, 1.807) is 6.92 Å². The Morgan fingerprint density at radius 3 is 1.93 bits per heavy atom. The van der Waals surface area contributed by atoms with Crippen LogP contribution >= 0.6 is 0 Å². The third-order valence-electron chi connectivity index (χ3n) is 14.9. The molecule has 6 fully saturated rings. The van der Waals surface area contributed by atoms with Gasteiger partial charge in [0.2, 0.25) is 0 Å². The number of allylic oxidation sites excluding steroid dienone is 1. The molecule has 15 heteroatoms. The monoisotopic (exact) mass is 770 g/mol. The number of rotatable bonds is 8. The maximum atomic E-state index is 12.6. The van der Waals surface area contributed by atoms with Crippen LogP contribution in [0.25, 0.3) is 0 Å². The van der Waals surface area contributed by atoms with E-state index >= 15 is 0 Å². The molecule has 0 spiro atoms. The minimum atomic E-state index is -1.71. The second-order valence-corrected chi connectivity index (χ2v) is 17.8. The van der Waals surface area contributed by atoms with Gasteiger partial charge in [0.05, 0.1) is 24.9 Å². The molecular formula is C39H62O15. The second-order valence-electron chi connectivity index (χ2n) is 17.8. The summed E-state index contributed by atoms with van der Waals surface area (Å²) in [5.41, 5.74) is 1.33. The predicted molar refractivity (Wildman–Crippen MR) is 187 cm³/mol. The highest BCUT2D eigenvalue weighted by Gasteiger charge is 2.60. The first-order chi connectivity index (χ1) is 25.5. The Hall–Kier alpha value is -1.15. The zero-order valence-corrected chi connectivity index (χ0v) is 31.9. The van der Waals surface area contributed by atoms with E-state index in [9.17, 15) is 45.6 Å². The molecule has 0 aromatic rings. The van der Waals surface area contributed by atoms with Gasteiger partial charge in [-0.2, -0.15) is 0 Å². The van der Waals surface area contributed by atoms with Crippen molar-refractivity contribution < 1.29 is 74.1 Å². The number of hydrogen-bond acceptors (Lipinski definition) is 15. The largest absolute Gasteiger partial charge is 0.394 e. The number of carbonyl (C=O) groups is 1. The van der Waals surface area contributed by atoms with Crippen LogP contribution in [0.5, 0.6) is 0 Å². The van der Waals surface area contributed by atoms with Gasteiger partial charge in [-0.15, -0.1) is 0 Å². The van der Waals surface area contributed by atoms with Gasteiger partial charge in [-0.3, -0.25) is 4.79 Å². The lowest BCUT2D eigenvalue weighted by Gasteiger charge is -2.58. The molecule has 308 valence electrons. The molecule has 0 amide bonds.